The van der Waals surface area contributed by atoms with Gasteiger partial charge in [0.05, 0.1) is 0 Å². The molecule has 658 valence electrons. The molecule has 21 aromatic carbocycles. The van der Waals surface area contributed by atoms with Gasteiger partial charge in [-0.25, -0.2) is 0 Å². The van der Waals surface area contributed by atoms with Gasteiger partial charge in [0, 0.05) is 0 Å². The van der Waals surface area contributed by atoms with Crippen LogP contribution in [0.15, 0.2) is 473 Å². The van der Waals surface area contributed by atoms with Gasteiger partial charge in [-0.3, -0.25) is 0 Å². The molecule has 0 aliphatic heterocycles. The molecule has 0 N–H and O–H groups in total. The summed E-state index contributed by atoms with van der Waals surface area (Å²) in [6.45, 7) is 0. The molecule has 9 aliphatic rings. The molecular formula is C137H110. The molecule has 137 heavy (non-hydrogen) atoms. The highest BCUT2D eigenvalue weighted by molar-refractivity contribution is 6.07. The predicted molar refractivity (Wildman–Crippen MR) is 588 cm³/mol. The topological polar surface area (TPSA) is 0 Å². The first-order valence-corrected chi connectivity index (χ1v) is 48.9. The number of hydrogen-bond donors (Lipinski definition) is 0. The fraction of sp³-hybridized carbons (Fsp3) is 0.0949. The van der Waals surface area contributed by atoms with E-state index in [2.05, 4.69) is 510 Å². The molecule has 0 bridgehead atoms. The van der Waals surface area contributed by atoms with E-state index >= 15 is 0 Å². The second kappa shape index (κ2) is 42.0. The first-order chi connectivity index (χ1) is 67.9. The first-order valence-electron chi connectivity index (χ1n) is 48.9. The molecule has 0 fully saturated rings. The molecule has 0 unspecified atom stereocenters. The normalized spacial score (nSPS) is 13.0. The first kappa shape index (κ1) is 87.5. The van der Waals surface area contributed by atoms with Crippen LogP contribution in [0.3, 0.4) is 0 Å². The van der Waals surface area contributed by atoms with E-state index in [0.29, 0.717) is 0 Å². The molecule has 0 aromatic heterocycles. The maximum Gasteiger partial charge on any atom is -0.00135 e. The largest absolute Gasteiger partial charge is 0.0795 e. The quantitative estimate of drug-likeness (QED) is 0.105. The van der Waals surface area contributed by atoms with Crippen LogP contribution in [0.5, 0.6) is 0 Å². The molecule has 0 saturated carbocycles. The maximum absolute atomic E-state index is 2.33. The van der Waals surface area contributed by atoms with Crippen LogP contribution < -0.4 is 0 Å². The van der Waals surface area contributed by atoms with E-state index in [-0.39, 0.29) is 0 Å². The van der Waals surface area contributed by atoms with Crippen molar-refractivity contribution in [2.24, 2.45) is 0 Å². The van der Waals surface area contributed by atoms with E-state index < -0.39 is 0 Å². The molecule has 21 aromatic rings. The average molecular weight is 1760 g/mol. The minimum atomic E-state index is 1.04. The molecule has 0 amide bonds. The van der Waals surface area contributed by atoms with Gasteiger partial charge in [-0.1, -0.05) is 498 Å². The van der Waals surface area contributed by atoms with Crippen molar-refractivity contribution in [3.05, 3.63) is 607 Å². The van der Waals surface area contributed by atoms with Crippen LogP contribution in [0.2, 0.25) is 0 Å². The number of hydrogen-bond acceptors (Lipinski definition) is 0. The Morgan fingerprint density at radius 2 is 0.401 bits per heavy atom. The minimum absolute atomic E-state index is 1.04. The van der Waals surface area contributed by atoms with Crippen LogP contribution in [0.4, 0.5) is 0 Å². The molecule has 0 heteroatoms. The second-order valence-electron chi connectivity index (χ2n) is 36.8. The van der Waals surface area contributed by atoms with Crippen molar-refractivity contribution in [1.29, 1.82) is 0 Å². The van der Waals surface area contributed by atoms with Gasteiger partial charge < -0.3 is 0 Å². The van der Waals surface area contributed by atoms with E-state index in [4.69, 9.17) is 0 Å². The summed E-state index contributed by atoms with van der Waals surface area (Å²) in [6, 6.07) is 161. The summed E-state index contributed by atoms with van der Waals surface area (Å²) in [7, 11) is 0. The summed E-state index contributed by atoms with van der Waals surface area (Å²) in [4.78, 5) is 0. The van der Waals surface area contributed by atoms with E-state index in [9.17, 15) is 0 Å². The van der Waals surface area contributed by atoms with Crippen molar-refractivity contribution >= 4 is 101 Å². The van der Waals surface area contributed by atoms with Crippen LogP contribution in [-0.4, -0.2) is 0 Å². The zero-order valence-electron chi connectivity index (χ0n) is 77.7. The monoisotopic (exact) mass is 1750 g/mol. The highest BCUT2D eigenvalue weighted by Crippen LogP contribution is 2.39. The van der Waals surface area contributed by atoms with Crippen molar-refractivity contribution in [1.82, 2.24) is 0 Å². The Kier molecular flexibility index (Phi) is 26.8. The third-order valence-electron chi connectivity index (χ3n) is 28.2. The third-order valence-corrected chi connectivity index (χ3v) is 28.2. The van der Waals surface area contributed by atoms with Crippen molar-refractivity contribution in [2.45, 2.75) is 83.5 Å². The van der Waals surface area contributed by atoms with Gasteiger partial charge >= 0.3 is 0 Å². The average Bonchev–Trinajstić information content (AvgIpc) is 1.72. The van der Waals surface area contributed by atoms with Gasteiger partial charge in [0.25, 0.3) is 0 Å². The lowest BCUT2D eigenvalue weighted by atomic mass is 9.86. The highest BCUT2D eigenvalue weighted by Gasteiger charge is 2.20. The molecule has 0 radical (unpaired) electrons. The summed E-state index contributed by atoms with van der Waals surface area (Å²) in [5, 5.41) is 16.0. The smallest absolute Gasteiger partial charge is 0.00135 e. The molecular weight excluding hydrogens is 1650 g/mol. The molecule has 0 spiro atoms. The van der Waals surface area contributed by atoms with Gasteiger partial charge in [0.1, 0.15) is 0 Å². The Hall–Kier alpha value is -16.1. The lowest BCUT2D eigenvalue weighted by Gasteiger charge is -2.19. The number of benzene rings is 21. The standard InChI is InChI=1S/C15H14.C15H12.C14H12.C14H10.C14H12.C14H10.3C13H10.C12H10/c2*1-3-7-14-11-15-8-4-2-6-13(15)10-9-12(14)5-1;2*1-3-7-13-11(5-1)9-10-12-6-2-4-8-14(12)13;2*1-2-6-12-10-14-8-4-3-7-13(14)9-11(12)5-1;1-3-7-12-10(5-1)9-11-6-2-4-8-13(11)12;2*1-2-6-12-10(4-1)8-9-11-5-3-7-13(11)12;1-3-9-7-11-5-2-6-12(11)8-10(9)4-1/h1-8H,9-11H2;1-10H,11H2;1-8H,9-10H2;1-10H;1-8H,9-10H2;1-10H;1-8H,9H2;1-4,6-9H,5H2;1-6,8-9H,7H2;1-3,6-8H,4-5H2. The Bertz CT molecular complexity index is 7640. The summed E-state index contributed by atoms with van der Waals surface area (Å²) in [5.41, 5.74) is 40.7. The lowest BCUT2D eigenvalue weighted by molar-refractivity contribution is 0.942. The Morgan fingerprint density at radius 1 is 0.131 bits per heavy atom. The van der Waals surface area contributed by atoms with Crippen LogP contribution in [-0.2, 0) is 83.5 Å². The van der Waals surface area contributed by atoms with Crippen molar-refractivity contribution in [2.75, 3.05) is 0 Å². The molecule has 0 heterocycles. The molecule has 0 atom stereocenters. The minimum Gasteiger partial charge on any atom is -0.0795 e. The Labute approximate surface area is 807 Å². The van der Waals surface area contributed by atoms with Crippen molar-refractivity contribution < 1.29 is 0 Å². The number of fused-ring (bicyclic) bond motifs is 25. The van der Waals surface area contributed by atoms with E-state index in [1.165, 1.54) is 246 Å². The number of allylic oxidation sites excluding steroid dienone is 4. The van der Waals surface area contributed by atoms with Crippen LogP contribution in [0.1, 0.15) is 134 Å². The van der Waals surface area contributed by atoms with Gasteiger partial charge in [-0.05, 0) is 316 Å². The molecule has 30 rings (SSSR count). The fourth-order valence-corrected chi connectivity index (χ4v) is 21.0. The van der Waals surface area contributed by atoms with Crippen LogP contribution in [0.25, 0.3) is 123 Å². The van der Waals surface area contributed by atoms with E-state index in [0.717, 1.165) is 57.8 Å². The SMILES string of the molecule is C1=Cc2c(ccc3ccccc23)C1.C1=Cc2cc3c(cc2C1)C=CC3.C1=Cc2ccc3ccccc3c2C1.C1=Cc2ccccc2Cc2ccccc21.c1ccc2c(c1)CCc1ccccc1-2.c1ccc2c(c1)CCc1ccccc1C2.c1ccc2c(c1)Cc1ccccc1-2.c1ccc2c(c1)Cc1ccccc1C2.c1ccc2c(c1)ccc1ccccc12.c1ccc2cc3ccccc3cc2c1. The van der Waals surface area contributed by atoms with Crippen LogP contribution >= 0.6 is 0 Å². The summed E-state index contributed by atoms with van der Waals surface area (Å²) in [5.74, 6) is 0. The van der Waals surface area contributed by atoms with Gasteiger partial charge in [-0.15, -0.1) is 0 Å². The molecule has 0 nitrogen and oxygen atoms in total. The maximum atomic E-state index is 2.33. The molecule has 0 saturated heterocycles. The van der Waals surface area contributed by atoms with Gasteiger partial charge in [0.15, 0.2) is 0 Å². The number of aryl methyl sites for hydroxylation is 4. The summed E-state index contributed by atoms with van der Waals surface area (Å²) < 4.78 is 0. The highest BCUT2D eigenvalue weighted by atomic mass is 14.2. The van der Waals surface area contributed by atoms with Crippen LogP contribution in [0, 0.1) is 0 Å². The fourth-order valence-electron chi connectivity index (χ4n) is 21.0. The predicted octanol–water partition coefficient (Wildman–Crippen LogP) is 34.7. The van der Waals surface area contributed by atoms with E-state index in [1.54, 1.807) is 0 Å². The number of rotatable bonds is 0. The van der Waals surface area contributed by atoms with Gasteiger partial charge in [0.2, 0.25) is 0 Å². The second-order valence-corrected chi connectivity index (χ2v) is 36.8. The van der Waals surface area contributed by atoms with Crippen molar-refractivity contribution in [3.63, 3.8) is 0 Å². The molecule has 9 aliphatic carbocycles. The Morgan fingerprint density at radius 3 is 0.847 bits per heavy atom. The summed E-state index contributed by atoms with van der Waals surface area (Å²) >= 11 is 0. The lowest BCUT2D eigenvalue weighted by Crippen LogP contribution is -2.06. The zero-order chi connectivity index (χ0) is 91.7. The van der Waals surface area contributed by atoms with E-state index in [1.807, 2.05) is 0 Å². The Balaban J connectivity index is 0.0000000909. The third kappa shape index (κ3) is 20.4. The van der Waals surface area contributed by atoms with Gasteiger partial charge in [-0.2, -0.15) is 0 Å². The zero-order valence-corrected chi connectivity index (χ0v) is 77.7. The summed E-state index contributed by atoms with van der Waals surface area (Å²) in [6.07, 6.45) is 36.9. The van der Waals surface area contributed by atoms with Crippen molar-refractivity contribution in [3.8, 4) is 22.3 Å².